The van der Waals surface area contributed by atoms with Gasteiger partial charge >= 0.3 is 0 Å². The Bertz CT molecular complexity index is 1840. The number of amides is 1. The molecule has 2 heterocycles. The lowest BCUT2D eigenvalue weighted by molar-refractivity contribution is -0.113. The zero-order chi connectivity index (χ0) is 30.3. The van der Waals surface area contributed by atoms with Crippen LogP contribution >= 0.6 is 11.3 Å². The van der Waals surface area contributed by atoms with Crippen LogP contribution in [-0.4, -0.2) is 30.3 Å². The van der Waals surface area contributed by atoms with Gasteiger partial charge in [-0.2, -0.15) is 0 Å². The summed E-state index contributed by atoms with van der Waals surface area (Å²) < 4.78 is 19.2. The molecule has 1 aliphatic rings. The van der Waals surface area contributed by atoms with Gasteiger partial charge in [0.1, 0.15) is 12.4 Å². The summed E-state index contributed by atoms with van der Waals surface area (Å²) in [6.45, 7) is 10.7. The number of thiazole rings is 1. The van der Waals surface area contributed by atoms with Crippen molar-refractivity contribution in [1.29, 1.82) is 0 Å². The lowest BCUT2D eigenvalue weighted by Gasteiger charge is -2.25. The fourth-order valence-corrected chi connectivity index (χ4v) is 5.91. The number of fused-ring (bicyclic) bond motifs is 1. The minimum Gasteiger partial charge on any atom is -0.494 e. The Kier molecular flexibility index (Phi) is 9.22. The molecule has 0 fully saturated rings. The SMILES string of the molecule is C=CCOc1ccc(/C=c2\sc3n(c2=O)[C@H](c2ccc(OCC)cc2)C(C(=O)Nc2ccccc2)=C(C)N=3)cc1OCC. The summed E-state index contributed by atoms with van der Waals surface area (Å²) >= 11 is 1.28. The van der Waals surface area contributed by atoms with Crippen molar-refractivity contribution >= 4 is 29.0 Å². The van der Waals surface area contributed by atoms with Crippen LogP contribution in [-0.2, 0) is 4.79 Å². The van der Waals surface area contributed by atoms with Crippen molar-refractivity contribution in [1.82, 2.24) is 4.57 Å². The molecule has 1 aliphatic heterocycles. The highest BCUT2D eigenvalue weighted by Crippen LogP contribution is 2.32. The Labute approximate surface area is 253 Å². The van der Waals surface area contributed by atoms with E-state index in [9.17, 15) is 9.59 Å². The first-order valence-corrected chi connectivity index (χ1v) is 14.9. The number of anilines is 1. The molecule has 1 amide bonds. The van der Waals surface area contributed by atoms with E-state index in [0.29, 0.717) is 63.4 Å². The standard InChI is InChI=1S/C34H33N3O5S/c1-5-19-42-27-18-13-23(20-28(27)41-7-3)21-29-33(39)37-31(24-14-16-26(17-15-24)40-6-2)30(22(4)35-34(37)43-29)32(38)36-25-11-9-8-10-12-25/h5,8-18,20-21,31H,1,6-7,19H2,2-4H3,(H,36,38)/b29-21-/t31-/m1/s1. The second kappa shape index (κ2) is 13.4. The van der Waals surface area contributed by atoms with Gasteiger partial charge in [0.25, 0.3) is 11.5 Å². The fourth-order valence-electron chi connectivity index (χ4n) is 4.86. The number of ether oxygens (including phenoxy) is 3. The average molecular weight is 596 g/mol. The maximum absolute atomic E-state index is 14.1. The molecule has 8 nitrogen and oxygen atoms in total. The molecule has 0 saturated heterocycles. The first kappa shape index (κ1) is 29.6. The summed E-state index contributed by atoms with van der Waals surface area (Å²) in [5.41, 5.74) is 2.89. The molecule has 1 N–H and O–H groups in total. The molecule has 43 heavy (non-hydrogen) atoms. The van der Waals surface area contributed by atoms with E-state index in [1.54, 1.807) is 17.6 Å². The van der Waals surface area contributed by atoms with E-state index in [4.69, 9.17) is 19.2 Å². The summed E-state index contributed by atoms with van der Waals surface area (Å²) in [4.78, 5) is 33.1. The number of allylic oxidation sites excluding steroid dienone is 1. The maximum atomic E-state index is 14.1. The highest BCUT2D eigenvalue weighted by molar-refractivity contribution is 7.07. The molecule has 1 aromatic heterocycles. The largest absolute Gasteiger partial charge is 0.494 e. The van der Waals surface area contributed by atoms with Crippen LogP contribution in [0.3, 0.4) is 0 Å². The molecule has 1 atom stereocenters. The third-order valence-corrected chi connectivity index (χ3v) is 7.71. The number of carbonyl (C=O) groups is 1. The first-order valence-electron chi connectivity index (χ1n) is 14.1. The zero-order valence-corrected chi connectivity index (χ0v) is 25.1. The van der Waals surface area contributed by atoms with Gasteiger partial charge < -0.3 is 19.5 Å². The minimum atomic E-state index is -0.688. The van der Waals surface area contributed by atoms with Gasteiger partial charge in [0.2, 0.25) is 0 Å². The van der Waals surface area contributed by atoms with Crippen LogP contribution in [0.4, 0.5) is 5.69 Å². The quantitative estimate of drug-likeness (QED) is 0.240. The highest BCUT2D eigenvalue weighted by Gasteiger charge is 2.32. The van der Waals surface area contributed by atoms with Crippen LogP contribution in [0.1, 0.15) is 37.9 Å². The Morgan fingerprint density at radius 1 is 1.00 bits per heavy atom. The molecule has 9 heteroatoms. The van der Waals surface area contributed by atoms with Crippen molar-refractivity contribution in [2.45, 2.75) is 26.8 Å². The Hall–Kier alpha value is -4.89. The van der Waals surface area contributed by atoms with E-state index in [2.05, 4.69) is 11.9 Å². The smallest absolute Gasteiger partial charge is 0.271 e. The predicted octanol–water partition coefficient (Wildman–Crippen LogP) is 5.24. The van der Waals surface area contributed by atoms with Crippen molar-refractivity contribution < 1.29 is 19.0 Å². The third-order valence-electron chi connectivity index (χ3n) is 6.73. The van der Waals surface area contributed by atoms with E-state index >= 15 is 0 Å². The number of para-hydroxylation sites is 1. The van der Waals surface area contributed by atoms with Gasteiger partial charge in [-0.3, -0.25) is 14.2 Å². The summed E-state index contributed by atoms with van der Waals surface area (Å²) in [5.74, 6) is 1.56. The van der Waals surface area contributed by atoms with Crippen LogP contribution in [0.5, 0.6) is 17.2 Å². The molecule has 5 rings (SSSR count). The van der Waals surface area contributed by atoms with Crippen molar-refractivity contribution in [2.24, 2.45) is 4.99 Å². The van der Waals surface area contributed by atoms with Gasteiger partial charge in [0.15, 0.2) is 16.3 Å². The second-order valence-electron chi connectivity index (χ2n) is 9.64. The number of carbonyl (C=O) groups excluding carboxylic acids is 1. The van der Waals surface area contributed by atoms with E-state index in [1.165, 1.54) is 11.3 Å². The Morgan fingerprint density at radius 3 is 2.44 bits per heavy atom. The van der Waals surface area contributed by atoms with Crippen LogP contribution in [0, 0.1) is 0 Å². The molecule has 220 valence electrons. The van der Waals surface area contributed by atoms with E-state index < -0.39 is 6.04 Å². The fraction of sp³-hybridized carbons (Fsp3) is 0.206. The number of nitrogens with one attached hydrogen (secondary N) is 1. The number of nitrogens with zero attached hydrogens (tertiary/aromatic N) is 2. The number of hydrogen-bond acceptors (Lipinski definition) is 7. The summed E-state index contributed by atoms with van der Waals surface area (Å²) in [6, 6.07) is 21.5. The normalized spacial score (nSPS) is 14.5. The first-order chi connectivity index (χ1) is 20.9. The summed E-state index contributed by atoms with van der Waals surface area (Å²) in [6.07, 6.45) is 3.48. The molecule has 0 unspecified atom stereocenters. The topological polar surface area (TPSA) is 91.2 Å². The average Bonchev–Trinajstić information content (AvgIpc) is 3.31. The monoisotopic (exact) mass is 595 g/mol. The van der Waals surface area contributed by atoms with Crippen LogP contribution in [0.15, 0.2) is 107 Å². The van der Waals surface area contributed by atoms with Crippen LogP contribution in [0.2, 0.25) is 0 Å². The van der Waals surface area contributed by atoms with Gasteiger partial charge in [-0.05, 0) is 74.4 Å². The summed E-state index contributed by atoms with van der Waals surface area (Å²) in [5, 5.41) is 2.98. The van der Waals surface area contributed by atoms with E-state index in [-0.39, 0.29) is 11.5 Å². The molecule has 0 bridgehead atoms. The van der Waals surface area contributed by atoms with Gasteiger partial charge in [-0.15, -0.1) is 0 Å². The maximum Gasteiger partial charge on any atom is 0.271 e. The van der Waals surface area contributed by atoms with Crippen LogP contribution < -0.4 is 34.4 Å². The van der Waals surface area contributed by atoms with Gasteiger partial charge in [-0.25, -0.2) is 4.99 Å². The van der Waals surface area contributed by atoms with Crippen molar-refractivity contribution in [3.05, 3.63) is 128 Å². The zero-order valence-electron chi connectivity index (χ0n) is 24.3. The second-order valence-corrected chi connectivity index (χ2v) is 10.7. The number of rotatable bonds is 11. The van der Waals surface area contributed by atoms with Crippen molar-refractivity contribution in [3.63, 3.8) is 0 Å². The molecular formula is C34H33N3O5S. The van der Waals surface area contributed by atoms with E-state index in [0.717, 1.165) is 11.1 Å². The molecule has 0 spiro atoms. The molecule has 0 aliphatic carbocycles. The highest BCUT2D eigenvalue weighted by atomic mass is 32.1. The van der Waals surface area contributed by atoms with Gasteiger partial charge in [-0.1, -0.05) is 60.4 Å². The Morgan fingerprint density at radius 2 is 1.74 bits per heavy atom. The third kappa shape index (κ3) is 6.47. The molecule has 0 radical (unpaired) electrons. The summed E-state index contributed by atoms with van der Waals surface area (Å²) in [7, 11) is 0. The minimum absolute atomic E-state index is 0.245. The lowest BCUT2D eigenvalue weighted by Crippen LogP contribution is -2.40. The lowest BCUT2D eigenvalue weighted by atomic mass is 9.95. The van der Waals surface area contributed by atoms with Crippen LogP contribution in [0.25, 0.3) is 6.08 Å². The molecular weight excluding hydrogens is 562 g/mol. The predicted molar refractivity (Wildman–Crippen MR) is 170 cm³/mol. The van der Waals surface area contributed by atoms with Gasteiger partial charge in [0, 0.05) is 5.69 Å². The van der Waals surface area contributed by atoms with Crippen molar-refractivity contribution in [2.75, 3.05) is 25.1 Å². The van der Waals surface area contributed by atoms with Crippen molar-refractivity contribution in [3.8, 4) is 17.2 Å². The number of benzene rings is 3. The molecule has 3 aromatic carbocycles. The molecule has 4 aromatic rings. The molecule has 0 saturated carbocycles. The number of hydrogen-bond donors (Lipinski definition) is 1. The van der Waals surface area contributed by atoms with Gasteiger partial charge in [0.05, 0.1) is 35.1 Å². The van der Waals surface area contributed by atoms with E-state index in [1.807, 2.05) is 92.7 Å². The number of aromatic nitrogens is 1. The Balaban J connectivity index is 1.62.